The Morgan fingerprint density at radius 3 is 1.60 bits per heavy atom. The zero-order valence-corrected chi connectivity index (χ0v) is 19.4. The van der Waals surface area contributed by atoms with Gasteiger partial charge in [-0.25, -0.2) is 0 Å². The molecule has 0 aliphatic carbocycles. The lowest BCUT2D eigenvalue weighted by molar-refractivity contribution is 1.28. The van der Waals surface area contributed by atoms with Crippen LogP contribution in [0.2, 0.25) is 0 Å². The summed E-state index contributed by atoms with van der Waals surface area (Å²) in [5.74, 6) is 0. The van der Waals surface area contributed by atoms with Crippen LogP contribution >= 0.6 is 0 Å². The molecular weight excluding hydrogens is 422 g/mol. The molecule has 0 bridgehead atoms. The molecule has 1 nitrogen and oxygen atoms in total. The van der Waals surface area contributed by atoms with Crippen molar-refractivity contribution in [1.29, 1.82) is 0 Å². The zero-order valence-electron chi connectivity index (χ0n) is 19.4. The second kappa shape index (κ2) is 9.32. The minimum absolute atomic E-state index is 1.13. The van der Waals surface area contributed by atoms with Crippen molar-refractivity contribution >= 4 is 27.8 Å². The van der Waals surface area contributed by atoms with Gasteiger partial charge in [0.25, 0.3) is 0 Å². The van der Waals surface area contributed by atoms with Gasteiger partial charge in [0.15, 0.2) is 0 Å². The maximum absolute atomic E-state index is 2.30. The largest absolute Gasteiger partial charge is 0.310 e. The van der Waals surface area contributed by atoms with Crippen LogP contribution in [0.15, 0.2) is 152 Å². The van der Waals surface area contributed by atoms with E-state index in [1.807, 2.05) is 0 Å². The maximum atomic E-state index is 2.30. The van der Waals surface area contributed by atoms with Crippen LogP contribution in [0.5, 0.6) is 0 Å². The number of rotatable bonds is 5. The van der Waals surface area contributed by atoms with E-state index in [4.69, 9.17) is 0 Å². The quantitative estimate of drug-likeness (QED) is 0.254. The molecule has 0 radical (unpaired) electrons. The van der Waals surface area contributed by atoms with Crippen LogP contribution in [0.3, 0.4) is 0 Å². The molecule has 1 heteroatoms. The van der Waals surface area contributed by atoms with Gasteiger partial charge in [-0.2, -0.15) is 0 Å². The number of benzene rings is 6. The van der Waals surface area contributed by atoms with E-state index in [9.17, 15) is 0 Å². The van der Waals surface area contributed by atoms with E-state index in [2.05, 4.69) is 157 Å². The lowest BCUT2D eigenvalue weighted by Crippen LogP contribution is -2.09. The van der Waals surface area contributed by atoms with Crippen molar-refractivity contribution in [3.05, 3.63) is 152 Å². The fraction of sp³-hybridized carbons (Fsp3) is 0. The Labute approximate surface area is 206 Å². The average Bonchev–Trinajstić information content (AvgIpc) is 2.94. The molecule has 0 amide bonds. The fourth-order valence-corrected chi connectivity index (χ4v) is 4.77. The second-order valence-electron chi connectivity index (χ2n) is 8.66. The molecule has 166 valence electrons. The van der Waals surface area contributed by atoms with Gasteiger partial charge in [0.2, 0.25) is 0 Å². The van der Waals surface area contributed by atoms with Gasteiger partial charge >= 0.3 is 0 Å². The highest BCUT2D eigenvalue weighted by atomic mass is 15.1. The van der Waals surface area contributed by atoms with Gasteiger partial charge in [-0.05, 0) is 75.5 Å². The van der Waals surface area contributed by atoms with Gasteiger partial charge in [0.1, 0.15) is 0 Å². The molecule has 0 aliphatic rings. The van der Waals surface area contributed by atoms with Gasteiger partial charge in [-0.1, -0.05) is 109 Å². The Balaban J connectivity index is 1.44. The second-order valence-corrected chi connectivity index (χ2v) is 8.66. The zero-order chi connectivity index (χ0) is 23.5. The Hall–Kier alpha value is -4.62. The van der Waals surface area contributed by atoms with E-state index in [0.29, 0.717) is 0 Å². The van der Waals surface area contributed by atoms with E-state index >= 15 is 0 Å². The molecule has 0 aliphatic heterocycles. The molecule has 0 spiro atoms. The van der Waals surface area contributed by atoms with Crippen molar-refractivity contribution in [3.8, 4) is 22.3 Å². The predicted molar refractivity (Wildman–Crippen MR) is 150 cm³/mol. The molecule has 6 aromatic rings. The van der Waals surface area contributed by atoms with E-state index in [1.54, 1.807) is 0 Å². The monoisotopic (exact) mass is 447 g/mol. The normalized spacial score (nSPS) is 10.9. The van der Waals surface area contributed by atoms with E-state index in [0.717, 1.165) is 17.1 Å². The third-order valence-electron chi connectivity index (χ3n) is 6.43. The fourth-order valence-electron chi connectivity index (χ4n) is 4.77. The highest BCUT2D eigenvalue weighted by molar-refractivity contribution is 5.97. The summed E-state index contributed by atoms with van der Waals surface area (Å²) in [6, 6.07) is 53.9. The number of para-hydroxylation sites is 2. The average molecular weight is 448 g/mol. The third kappa shape index (κ3) is 4.20. The van der Waals surface area contributed by atoms with Gasteiger partial charge in [-0.3, -0.25) is 0 Å². The maximum Gasteiger partial charge on any atom is 0.0467 e. The van der Waals surface area contributed by atoms with Crippen molar-refractivity contribution < 1.29 is 0 Å². The number of fused-ring (bicyclic) bond motifs is 1. The van der Waals surface area contributed by atoms with E-state index in [-0.39, 0.29) is 0 Å². The predicted octanol–water partition coefficient (Wildman–Crippen LogP) is 9.64. The Morgan fingerprint density at radius 1 is 0.343 bits per heavy atom. The molecule has 0 saturated carbocycles. The molecular formula is C34H25N. The summed E-state index contributed by atoms with van der Waals surface area (Å²) in [5, 5.41) is 2.54. The first kappa shape index (κ1) is 20.9. The van der Waals surface area contributed by atoms with Gasteiger partial charge in [0, 0.05) is 17.1 Å². The molecule has 6 rings (SSSR count). The summed E-state index contributed by atoms with van der Waals surface area (Å²) >= 11 is 0. The van der Waals surface area contributed by atoms with Crippen LogP contribution in [0, 0.1) is 0 Å². The number of hydrogen-bond acceptors (Lipinski definition) is 1. The summed E-state index contributed by atoms with van der Waals surface area (Å²) < 4.78 is 0. The van der Waals surface area contributed by atoms with Crippen molar-refractivity contribution in [2.45, 2.75) is 0 Å². The van der Waals surface area contributed by atoms with Crippen LogP contribution in [-0.4, -0.2) is 0 Å². The van der Waals surface area contributed by atoms with Crippen molar-refractivity contribution in [2.75, 3.05) is 4.90 Å². The minimum atomic E-state index is 1.13. The Bertz CT molecular complexity index is 1540. The first-order valence-electron chi connectivity index (χ1n) is 12.0. The van der Waals surface area contributed by atoms with Crippen molar-refractivity contribution in [1.82, 2.24) is 0 Å². The van der Waals surface area contributed by atoms with E-state index in [1.165, 1.54) is 33.0 Å². The SMILES string of the molecule is c1ccc(N(c2ccccc2)c2cccc(-c3cccc(-c4cccc5ccccc45)c3)c2)cc1. The Kier molecular flexibility index (Phi) is 5.58. The van der Waals surface area contributed by atoms with Gasteiger partial charge in [-0.15, -0.1) is 0 Å². The molecule has 0 atom stereocenters. The lowest BCUT2D eigenvalue weighted by Gasteiger charge is -2.26. The molecule has 6 aromatic carbocycles. The Morgan fingerprint density at radius 2 is 0.857 bits per heavy atom. The third-order valence-corrected chi connectivity index (χ3v) is 6.43. The van der Waals surface area contributed by atoms with Crippen LogP contribution in [-0.2, 0) is 0 Å². The van der Waals surface area contributed by atoms with E-state index < -0.39 is 0 Å². The molecule has 0 saturated heterocycles. The van der Waals surface area contributed by atoms with Gasteiger partial charge < -0.3 is 4.90 Å². The number of anilines is 3. The lowest BCUT2D eigenvalue weighted by atomic mass is 9.95. The molecule has 0 N–H and O–H groups in total. The summed E-state index contributed by atoms with van der Waals surface area (Å²) in [6.07, 6.45) is 0. The van der Waals surface area contributed by atoms with Crippen LogP contribution in [0.1, 0.15) is 0 Å². The standard InChI is InChI=1S/C34H25N/c1-3-17-30(18-4-1)35(31-19-5-2-6-20-31)32-21-10-15-28(25-32)27-14-9-16-29(24-27)34-23-11-13-26-12-7-8-22-33(26)34/h1-25H. The number of hydrogen-bond donors (Lipinski definition) is 0. The molecule has 0 aromatic heterocycles. The summed E-state index contributed by atoms with van der Waals surface area (Å²) in [4.78, 5) is 2.30. The van der Waals surface area contributed by atoms with Crippen LogP contribution in [0.4, 0.5) is 17.1 Å². The highest BCUT2D eigenvalue weighted by Crippen LogP contribution is 2.37. The first-order chi connectivity index (χ1) is 17.4. The van der Waals surface area contributed by atoms with Crippen molar-refractivity contribution in [2.24, 2.45) is 0 Å². The topological polar surface area (TPSA) is 3.24 Å². The van der Waals surface area contributed by atoms with Crippen molar-refractivity contribution in [3.63, 3.8) is 0 Å². The van der Waals surface area contributed by atoms with Gasteiger partial charge in [0.05, 0.1) is 0 Å². The smallest absolute Gasteiger partial charge is 0.0467 e. The molecule has 0 unspecified atom stereocenters. The molecule has 0 fully saturated rings. The number of nitrogens with zero attached hydrogens (tertiary/aromatic N) is 1. The van der Waals surface area contributed by atoms with Crippen LogP contribution in [0.25, 0.3) is 33.0 Å². The summed E-state index contributed by atoms with van der Waals surface area (Å²) in [6.45, 7) is 0. The molecule has 35 heavy (non-hydrogen) atoms. The first-order valence-corrected chi connectivity index (χ1v) is 12.0. The summed E-state index contributed by atoms with van der Waals surface area (Å²) in [5.41, 5.74) is 8.31. The summed E-state index contributed by atoms with van der Waals surface area (Å²) in [7, 11) is 0. The molecule has 0 heterocycles. The van der Waals surface area contributed by atoms with Crippen LogP contribution < -0.4 is 4.90 Å². The highest BCUT2D eigenvalue weighted by Gasteiger charge is 2.13. The minimum Gasteiger partial charge on any atom is -0.310 e.